The van der Waals surface area contributed by atoms with E-state index in [4.69, 9.17) is 18.2 Å². The minimum atomic E-state index is -2.44. The summed E-state index contributed by atoms with van der Waals surface area (Å²) in [6.07, 6.45) is 1.75. The molecule has 2 aromatic heterocycles. The van der Waals surface area contributed by atoms with E-state index >= 15 is 0 Å². The third-order valence-electron chi connectivity index (χ3n) is 11.4. The van der Waals surface area contributed by atoms with Gasteiger partial charge in [-0.25, -0.2) is 4.98 Å². The fraction of sp³-hybridized carbons (Fsp3) is 0.0690. The summed E-state index contributed by atoms with van der Waals surface area (Å²) < 4.78 is 51.9. The molecule has 0 saturated heterocycles. The van der Waals surface area contributed by atoms with Crippen molar-refractivity contribution in [2.24, 2.45) is 0 Å². The van der Waals surface area contributed by atoms with Crippen molar-refractivity contribution in [2.75, 3.05) is 0 Å². The van der Waals surface area contributed by atoms with Crippen LogP contribution in [-0.2, 0) is 21.1 Å². The third kappa shape index (κ3) is 7.95. The fourth-order valence-electron chi connectivity index (χ4n) is 8.42. The number of rotatable bonds is 8. The van der Waals surface area contributed by atoms with E-state index in [1.807, 2.05) is 153 Å². The van der Waals surface area contributed by atoms with Gasteiger partial charge in [-0.15, -0.1) is 23.8 Å². The summed E-state index contributed by atoms with van der Waals surface area (Å²) >= 11 is 0. The van der Waals surface area contributed by atoms with Crippen molar-refractivity contribution in [3.8, 4) is 89.7 Å². The Hall–Kier alpha value is -7.13. The molecule has 0 saturated carbocycles. The van der Waals surface area contributed by atoms with Crippen LogP contribution in [0.5, 0.6) is 5.75 Å². The van der Waals surface area contributed by atoms with Crippen LogP contribution in [0.3, 0.4) is 0 Å². The number of hydrogen-bond donors (Lipinski definition) is 1. The Bertz CT molecular complexity index is 3500. The molecular weight excluding hydrogens is 950 g/mol. The van der Waals surface area contributed by atoms with Gasteiger partial charge in [0.05, 0.1) is 22.3 Å². The largest absolute Gasteiger partial charge is 0.507 e. The van der Waals surface area contributed by atoms with Crippen LogP contribution >= 0.6 is 0 Å². The van der Waals surface area contributed by atoms with Gasteiger partial charge in [0.25, 0.3) is 0 Å². The topological polar surface area (TPSA) is 50.9 Å². The minimum absolute atomic E-state index is 0. The first kappa shape index (κ1) is 34.5. The van der Waals surface area contributed by atoms with Crippen LogP contribution in [0.15, 0.2) is 188 Å². The summed E-state index contributed by atoms with van der Waals surface area (Å²) in [6.45, 7) is -0.784. The molecule has 10 aromatic rings. The molecule has 8 aromatic carbocycles. The van der Waals surface area contributed by atoms with Crippen molar-refractivity contribution in [3.05, 3.63) is 217 Å². The predicted octanol–water partition coefficient (Wildman–Crippen LogP) is 14.8. The molecule has 4 nitrogen and oxygen atoms in total. The van der Waals surface area contributed by atoms with Gasteiger partial charge in [-0.3, -0.25) is 9.55 Å². The number of aryl methyl sites for hydroxylation is 4. The molecule has 0 bridgehead atoms. The molecule has 0 spiro atoms. The maximum Gasteiger partial charge on any atom is 0.148 e. The van der Waals surface area contributed by atoms with Crippen LogP contribution in [0.1, 0.15) is 30.5 Å². The fourth-order valence-corrected chi connectivity index (χ4v) is 8.42. The number of para-hydroxylation sites is 1. The molecule has 0 aliphatic carbocycles. The van der Waals surface area contributed by atoms with Crippen molar-refractivity contribution < 1.29 is 34.4 Å². The average Bonchev–Trinajstić information content (AvgIpc) is 3.74. The van der Waals surface area contributed by atoms with E-state index in [2.05, 4.69) is 34.9 Å². The first-order valence-corrected chi connectivity index (χ1v) is 20.5. The number of hydrogen-bond acceptors (Lipinski definition) is 3. The normalized spacial score (nSPS) is 12.9. The maximum atomic E-state index is 11.9. The zero-order valence-corrected chi connectivity index (χ0v) is 36.8. The van der Waals surface area contributed by atoms with E-state index in [-0.39, 0.29) is 37.9 Å². The van der Waals surface area contributed by atoms with Gasteiger partial charge in [0.1, 0.15) is 11.6 Å². The quantitative estimate of drug-likeness (QED) is 0.154. The zero-order valence-electron chi connectivity index (χ0n) is 40.5. The Labute approximate surface area is 392 Å². The van der Waals surface area contributed by atoms with Crippen LogP contribution < -0.4 is 0 Å². The number of imidazole rings is 1. The van der Waals surface area contributed by atoms with E-state index in [1.54, 1.807) is 24.4 Å². The molecule has 0 amide bonds. The number of benzene rings is 8. The smallest absolute Gasteiger partial charge is 0.148 e. The van der Waals surface area contributed by atoms with Crippen LogP contribution in [0.4, 0.5) is 0 Å². The van der Waals surface area contributed by atoms with Crippen LogP contribution in [-0.4, -0.2) is 19.6 Å². The van der Waals surface area contributed by atoms with Crippen molar-refractivity contribution in [1.82, 2.24) is 14.5 Å². The number of fused-ring (bicyclic) bond motifs is 1. The molecule has 0 unspecified atom stereocenters. The standard InChI is InChI=1S/C58H44N3O.Pt/c1-37-23-25-42(26-24-37)45-27-28-59-53(35-45)48-33-46(41-15-8-5-9-16-41)32-47(34-48)49-21-14-22-54-56(49)60-58(52-30-38(2)29-40(4)57(52)62)61(54)55-36-50(43-17-10-6-11-18-43)39(3)31-51(55)44-19-12-7-13-20-44;/h5-33,35-36,62H,1-4H3;/q-1;/i1D3,3D3;. The summed E-state index contributed by atoms with van der Waals surface area (Å²) in [5.74, 6) is 0.573. The molecule has 308 valence electrons. The van der Waals surface area contributed by atoms with Crippen LogP contribution in [0, 0.1) is 33.6 Å². The molecule has 5 heteroatoms. The average molecular weight is 1000 g/mol. The van der Waals surface area contributed by atoms with E-state index < -0.39 is 13.7 Å². The maximum absolute atomic E-state index is 11.9. The van der Waals surface area contributed by atoms with Gasteiger partial charge in [-0.1, -0.05) is 162 Å². The molecule has 0 aliphatic rings. The minimum Gasteiger partial charge on any atom is -0.507 e. The number of aromatic nitrogens is 3. The van der Waals surface area contributed by atoms with Crippen molar-refractivity contribution in [3.63, 3.8) is 0 Å². The molecular formula is C58H44N3OPt-. The van der Waals surface area contributed by atoms with Gasteiger partial charge in [0.2, 0.25) is 0 Å². The molecule has 0 radical (unpaired) electrons. The van der Waals surface area contributed by atoms with Gasteiger partial charge in [0.15, 0.2) is 0 Å². The van der Waals surface area contributed by atoms with Gasteiger partial charge >= 0.3 is 0 Å². The monoisotopic (exact) mass is 999 g/mol. The van der Waals surface area contributed by atoms with Crippen LogP contribution in [0.2, 0.25) is 0 Å². The number of phenols is 1. The van der Waals surface area contributed by atoms with Gasteiger partial charge in [0, 0.05) is 46.7 Å². The van der Waals surface area contributed by atoms with Crippen molar-refractivity contribution >= 4 is 11.0 Å². The number of nitrogens with zero attached hydrogens (tertiary/aromatic N) is 3. The Morgan fingerprint density at radius 3 is 1.87 bits per heavy atom. The number of aromatic hydroxyl groups is 1. The first-order valence-electron chi connectivity index (χ1n) is 23.5. The van der Waals surface area contributed by atoms with E-state index in [1.165, 1.54) is 0 Å². The Morgan fingerprint density at radius 2 is 1.17 bits per heavy atom. The second-order valence-corrected chi connectivity index (χ2v) is 15.6. The molecule has 0 aliphatic heterocycles. The molecule has 2 heterocycles. The summed E-state index contributed by atoms with van der Waals surface area (Å²) in [7, 11) is 0. The molecule has 10 rings (SSSR count). The summed E-state index contributed by atoms with van der Waals surface area (Å²) in [5, 5.41) is 11.9. The first-order chi connectivity index (χ1) is 32.7. The van der Waals surface area contributed by atoms with Gasteiger partial charge in [-0.05, 0) is 108 Å². The van der Waals surface area contributed by atoms with Crippen LogP contribution in [0.25, 0.3) is 95.0 Å². The Morgan fingerprint density at radius 1 is 0.508 bits per heavy atom. The SMILES string of the molecule is [2H]C([2H])([2H])c1ccc(-c2ccnc(-c3[c-]c(-c4cccc5c4nc(-c4cc(C)cc(C)c4O)n5-c4cc(-c5ccccc5)c(C([2H])([2H])[2H])cc4-c4ccccc4)cc(-c4ccccc4)c3)c2)cc1.[Pt]. The second kappa shape index (κ2) is 17.3. The predicted molar refractivity (Wildman–Crippen MR) is 256 cm³/mol. The molecule has 63 heavy (non-hydrogen) atoms. The Balaban J connectivity index is 0.00000593. The zero-order chi connectivity index (χ0) is 47.3. The summed E-state index contributed by atoms with van der Waals surface area (Å²) in [4.78, 5) is 10.3. The van der Waals surface area contributed by atoms with Gasteiger partial charge < -0.3 is 5.11 Å². The molecule has 0 fully saturated rings. The number of phenolic OH excluding ortho intramolecular Hbond substituents is 1. The number of pyridine rings is 1. The van der Waals surface area contributed by atoms with Crippen molar-refractivity contribution in [2.45, 2.75) is 27.6 Å². The van der Waals surface area contributed by atoms with Gasteiger partial charge in [-0.2, -0.15) is 0 Å². The summed E-state index contributed by atoms with van der Waals surface area (Å²) in [5.41, 5.74) is 14.2. The Kier molecular flexibility index (Phi) is 9.47. The molecule has 1 N–H and O–H groups in total. The second-order valence-electron chi connectivity index (χ2n) is 15.6. The summed E-state index contributed by atoms with van der Waals surface area (Å²) in [6, 6.07) is 61.8. The van der Waals surface area contributed by atoms with Crippen molar-refractivity contribution in [1.29, 1.82) is 0 Å². The molecule has 0 atom stereocenters. The third-order valence-corrected chi connectivity index (χ3v) is 11.4. The van der Waals surface area contributed by atoms with E-state index in [0.29, 0.717) is 45.0 Å². The van der Waals surface area contributed by atoms with E-state index in [9.17, 15) is 5.11 Å². The van der Waals surface area contributed by atoms with E-state index in [0.717, 1.165) is 61.2 Å².